The van der Waals surface area contributed by atoms with Crippen LogP contribution < -0.4 is 10.1 Å². The fourth-order valence-corrected chi connectivity index (χ4v) is 3.34. The predicted molar refractivity (Wildman–Crippen MR) is 105 cm³/mol. The number of ether oxygens (including phenoxy) is 1. The van der Waals surface area contributed by atoms with Crippen LogP contribution >= 0.6 is 11.6 Å². The van der Waals surface area contributed by atoms with Crippen molar-refractivity contribution in [2.45, 2.75) is 25.8 Å². The van der Waals surface area contributed by atoms with Gasteiger partial charge in [-0.15, -0.1) is 0 Å². The van der Waals surface area contributed by atoms with Crippen molar-refractivity contribution >= 4 is 17.3 Å². The monoisotopic (exact) mass is 383 g/mol. The van der Waals surface area contributed by atoms with Gasteiger partial charge in [0.25, 0.3) is 0 Å². The van der Waals surface area contributed by atoms with E-state index in [1.807, 2.05) is 50.8 Å². The summed E-state index contributed by atoms with van der Waals surface area (Å²) in [6.45, 7) is 3.23. The van der Waals surface area contributed by atoms with Gasteiger partial charge >= 0.3 is 0 Å². The van der Waals surface area contributed by atoms with E-state index in [0.717, 1.165) is 28.9 Å². The van der Waals surface area contributed by atoms with Crippen LogP contribution in [0.4, 0.5) is 5.69 Å². The van der Waals surface area contributed by atoms with Crippen LogP contribution in [-0.2, 0) is 13.6 Å². The van der Waals surface area contributed by atoms with E-state index in [9.17, 15) is 0 Å². The lowest BCUT2D eigenvalue weighted by atomic mass is 10.2. The van der Waals surface area contributed by atoms with Crippen LogP contribution in [0.25, 0.3) is 0 Å². The highest BCUT2D eigenvalue weighted by molar-refractivity contribution is 6.30. The first-order chi connectivity index (χ1) is 13.1. The molecule has 0 aliphatic heterocycles. The molecule has 1 fully saturated rings. The summed E-state index contributed by atoms with van der Waals surface area (Å²) in [5.41, 5.74) is 4.07. The summed E-state index contributed by atoms with van der Waals surface area (Å²) in [5, 5.41) is 8.03. The molecular formula is C20H22ClN5O. The van der Waals surface area contributed by atoms with E-state index in [1.54, 1.807) is 4.68 Å². The minimum absolute atomic E-state index is 0.457. The van der Waals surface area contributed by atoms with Crippen molar-refractivity contribution in [3.63, 3.8) is 0 Å². The van der Waals surface area contributed by atoms with E-state index in [-0.39, 0.29) is 0 Å². The molecular weight excluding hydrogens is 362 g/mol. The van der Waals surface area contributed by atoms with Crippen LogP contribution in [0.5, 0.6) is 5.88 Å². The van der Waals surface area contributed by atoms with Crippen LogP contribution in [0.2, 0.25) is 5.15 Å². The number of hydrogen-bond donors (Lipinski definition) is 1. The Kier molecular flexibility index (Phi) is 4.99. The maximum atomic E-state index is 6.30. The lowest BCUT2D eigenvalue weighted by Crippen LogP contribution is -2.06. The molecule has 0 radical (unpaired) electrons. The van der Waals surface area contributed by atoms with Gasteiger partial charge in [0, 0.05) is 66.4 Å². The number of aromatic nitrogens is 4. The van der Waals surface area contributed by atoms with Gasteiger partial charge in [0.2, 0.25) is 5.88 Å². The highest BCUT2D eigenvalue weighted by Crippen LogP contribution is 2.46. The number of halogens is 1. The fraction of sp³-hybridized carbons (Fsp3) is 0.350. The zero-order valence-corrected chi connectivity index (χ0v) is 16.1. The molecule has 6 nitrogen and oxygen atoms in total. The van der Waals surface area contributed by atoms with Gasteiger partial charge in [-0.3, -0.25) is 9.67 Å². The molecule has 0 bridgehead atoms. The smallest absolute Gasteiger partial charge is 0.216 e. The van der Waals surface area contributed by atoms with Gasteiger partial charge in [-0.1, -0.05) is 17.7 Å². The number of anilines is 1. The van der Waals surface area contributed by atoms with Crippen LogP contribution in [-0.4, -0.2) is 26.4 Å². The first kappa shape index (κ1) is 17.8. The summed E-state index contributed by atoms with van der Waals surface area (Å²) in [5.74, 6) is 1.51. The third-order valence-electron chi connectivity index (χ3n) is 4.87. The second-order valence-corrected chi connectivity index (χ2v) is 7.33. The molecule has 0 unspecified atom stereocenters. The number of pyridine rings is 2. The van der Waals surface area contributed by atoms with Gasteiger partial charge in [-0.05, 0) is 25.5 Å². The third kappa shape index (κ3) is 4.22. The molecule has 0 saturated heterocycles. The minimum atomic E-state index is 0.457. The molecule has 1 N–H and O–H groups in total. The van der Waals surface area contributed by atoms with Gasteiger partial charge in [0.1, 0.15) is 5.15 Å². The molecule has 0 amide bonds. The Hall–Kier alpha value is -2.60. The lowest BCUT2D eigenvalue weighted by Gasteiger charge is -2.13. The Morgan fingerprint density at radius 1 is 1.37 bits per heavy atom. The van der Waals surface area contributed by atoms with Crippen molar-refractivity contribution in [1.29, 1.82) is 0 Å². The summed E-state index contributed by atoms with van der Waals surface area (Å²) < 4.78 is 7.72. The van der Waals surface area contributed by atoms with Crippen LogP contribution in [0.1, 0.15) is 29.2 Å². The van der Waals surface area contributed by atoms with Crippen molar-refractivity contribution < 1.29 is 4.74 Å². The maximum Gasteiger partial charge on any atom is 0.216 e. The maximum absolute atomic E-state index is 6.30. The van der Waals surface area contributed by atoms with Gasteiger partial charge < -0.3 is 10.1 Å². The van der Waals surface area contributed by atoms with E-state index in [1.165, 1.54) is 0 Å². The van der Waals surface area contributed by atoms with E-state index in [4.69, 9.17) is 16.3 Å². The van der Waals surface area contributed by atoms with Crippen LogP contribution in [0.3, 0.4) is 0 Å². The molecule has 1 aliphatic rings. The largest absolute Gasteiger partial charge is 0.477 e. The van der Waals surface area contributed by atoms with Crippen molar-refractivity contribution in [2.24, 2.45) is 13.0 Å². The Morgan fingerprint density at radius 3 is 3.00 bits per heavy atom. The molecule has 4 rings (SSSR count). The Morgan fingerprint density at radius 2 is 2.26 bits per heavy atom. The first-order valence-electron chi connectivity index (χ1n) is 9.02. The van der Waals surface area contributed by atoms with Crippen molar-refractivity contribution in [3.05, 3.63) is 64.8 Å². The third-order valence-corrected chi connectivity index (χ3v) is 5.23. The summed E-state index contributed by atoms with van der Waals surface area (Å²) in [6, 6.07) is 7.96. The number of aryl methyl sites for hydroxylation is 1. The number of rotatable bonds is 7. The van der Waals surface area contributed by atoms with Crippen LogP contribution in [0.15, 0.2) is 42.9 Å². The molecule has 7 heteroatoms. The summed E-state index contributed by atoms with van der Waals surface area (Å²) in [7, 11) is 1.90. The molecule has 3 aromatic rings. The number of nitrogens with zero attached hydrogens (tertiary/aromatic N) is 4. The quantitative estimate of drug-likeness (QED) is 0.625. The Balaban J connectivity index is 1.37. The predicted octanol–water partition coefficient (Wildman–Crippen LogP) is 3.97. The average molecular weight is 384 g/mol. The molecule has 0 spiro atoms. The summed E-state index contributed by atoms with van der Waals surface area (Å²) >= 11 is 6.30. The Labute approximate surface area is 163 Å². The van der Waals surface area contributed by atoms with Gasteiger partial charge in [-0.2, -0.15) is 5.10 Å². The molecule has 2 atom stereocenters. The molecule has 1 aliphatic carbocycles. The highest BCUT2D eigenvalue weighted by Gasteiger charge is 2.39. The zero-order chi connectivity index (χ0) is 18.8. The second-order valence-electron chi connectivity index (χ2n) is 6.97. The van der Waals surface area contributed by atoms with Gasteiger partial charge in [0.15, 0.2) is 0 Å². The van der Waals surface area contributed by atoms with Crippen LogP contribution in [0, 0.1) is 12.8 Å². The van der Waals surface area contributed by atoms with Crippen molar-refractivity contribution in [1.82, 2.24) is 19.7 Å². The van der Waals surface area contributed by atoms with E-state index < -0.39 is 0 Å². The SMILES string of the molecule is Cc1c(NCc2cnn(C)c2)cc(OC[C@H]2C[C@@H]2c2ccccn2)nc1Cl. The van der Waals surface area contributed by atoms with Crippen molar-refractivity contribution in [2.75, 3.05) is 11.9 Å². The Bertz CT molecular complexity index is 927. The van der Waals surface area contributed by atoms with Crippen molar-refractivity contribution in [3.8, 4) is 5.88 Å². The molecule has 1 saturated carbocycles. The molecule has 3 heterocycles. The lowest BCUT2D eigenvalue weighted by molar-refractivity contribution is 0.285. The zero-order valence-electron chi connectivity index (χ0n) is 15.4. The van der Waals surface area contributed by atoms with E-state index in [2.05, 4.69) is 26.4 Å². The number of hydrogen-bond acceptors (Lipinski definition) is 5. The summed E-state index contributed by atoms with van der Waals surface area (Å²) in [4.78, 5) is 8.79. The minimum Gasteiger partial charge on any atom is -0.477 e. The van der Waals surface area contributed by atoms with E-state index in [0.29, 0.717) is 36.0 Å². The molecule has 27 heavy (non-hydrogen) atoms. The molecule has 140 valence electrons. The highest BCUT2D eigenvalue weighted by atomic mass is 35.5. The topological polar surface area (TPSA) is 64.9 Å². The van der Waals surface area contributed by atoms with Gasteiger partial charge in [-0.25, -0.2) is 4.98 Å². The number of nitrogens with one attached hydrogen (secondary N) is 1. The van der Waals surface area contributed by atoms with Gasteiger partial charge in [0.05, 0.1) is 12.8 Å². The van der Waals surface area contributed by atoms with E-state index >= 15 is 0 Å². The molecule has 3 aromatic heterocycles. The fourth-order valence-electron chi connectivity index (χ4n) is 3.16. The second kappa shape index (κ2) is 7.56. The summed E-state index contributed by atoms with van der Waals surface area (Å²) in [6.07, 6.45) is 6.76. The normalized spacial score (nSPS) is 18.3. The standard InChI is InChI=1S/C20H22ClN5O/c1-13-18(23-9-14-10-24-26(2)11-14)8-19(25-20(13)21)27-12-15-7-16(15)17-5-3-4-6-22-17/h3-6,8,10-11,15-16H,7,9,12H2,1-2H3,(H,23,25)/t15-,16+/m1/s1. The average Bonchev–Trinajstić information content (AvgIpc) is 3.34. The molecule has 0 aromatic carbocycles. The first-order valence-corrected chi connectivity index (χ1v) is 9.40.